The lowest BCUT2D eigenvalue weighted by Gasteiger charge is -2.34. The van der Waals surface area contributed by atoms with Crippen LogP contribution in [0.5, 0.6) is 0 Å². The first-order valence-electron chi connectivity index (χ1n) is 6.63. The van der Waals surface area contributed by atoms with Gasteiger partial charge in [-0.3, -0.25) is 14.3 Å². The minimum Gasteiger partial charge on any atom is -0.394 e. The first kappa shape index (κ1) is 16.6. The highest BCUT2D eigenvalue weighted by Gasteiger charge is 2.53. The van der Waals surface area contributed by atoms with Gasteiger partial charge in [0.2, 0.25) is 5.95 Å². The Morgan fingerprint density at radius 3 is 3.17 bits per heavy atom. The van der Waals surface area contributed by atoms with Crippen LogP contribution in [0, 0.1) is 0 Å². The average Bonchev–Trinajstić information content (AvgIpc) is 3.10. The van der Waals surface area contributed by atoms with Crippen molar-refractivity contribution >= 4 is 37.4 Å². The zero-order valence-corrected chi connectivity index (χ0v) is 14.0. The summed E-state index contributed by atoms with van der Waals surface area (Å²) in [6.45, 7) is -0.172. The Balaban J connectivity index is 2.19. The van der Waals surface area contributed by atoms with Gasteiger partial charge in [0.25, 0.3) is 5.56 Å². The van der Waals surface area contributed by atoms with E-state index in [0.717, 1.165) is 0 Å². The SMILES string of the molecule is COC1(n2cnc3c(=O)[nH]c(N)nc32)COC(CO)C1OPS. The predicted molar refractivity (Wildman–Crippen MR) is 86.5 cm³/mol. The van der Waals surface area contributed by atoms with Crippen LogP contribution < -0.4 is 11.3 Å². The van der Waals surface area contributed by atoms with Gasteiger partial charge in [-0.25, -0.2) is 4.98 Å². The number of ether oxygens (including phenoxy) is 2. The fraction of sp³-hybridized carbons (Fsp3) is 0.545. The molecule has 0 spiro atoms. The van der Waals surface area contributed by atoms with Crippen molar-refractivity contribution in [2.24, 2.45) is 0 Å². The second-order valence-corrected chi connectivity index (χ2v) is 5.91. The first-order valence-corrected chi connectivity index (χ1v) is 8.82. The van der Waals surface area contributed by atoms with Crippen LogP contribution in [0.3, 0.4) is 0 Å². The van der Waals surface area contributed by atoms with E-state index in [-0.39, 0.29) is 38.3 Å². The molecule has 4 unspecified atom stereocenters. The van der Waals surface area contributed by atoms with Crippen molar-refractivity contribution in [3.8, 4) is 0 Å². The molecule has 0 aromatic carbocycles. The van der Waals surface area contributed by atoms with E-state index in [9.17, 15) is 9.90 Å². The Bertz CT molecular complexity index is 769. The number of rotatable bonds is 5. The van der Waals surface area contributed by atoms with Gasteiger partial charge in [-0.2, -0.15) is 4.98 Å². The fourth-order valence-corrected chi connectivity index (χ4v) is 3.53. The highest BCUT2D eigenvalue weighted by molar-refractivity contribution is 8.36. The molecule has 4 N–H and O–H groups in total. The molecule has 4 atom stereocenters. The molecular formula is C11H16N5O5PS. The molecule has 10 nitrogen and oxygen atoms in total. The van der Waals surface area contributed by atoms with Gasteiger partial charge < -0.3 is 24.8 Å². The van der Waals surface area contributed by atoms with Crippen molar-refractivity contribution in [1.82, 2.24) is 19.5 Å². The van der Waals surface area contributed by atoms with E-state index in [1.165, 1.54) is 13.4 Å². The summed E-state index contributed by atoms with van der Waals surface area (Å²) in [7, 11) is 1.33. The third kappa shape index (κ3) is 2.53. The molecule has 0 aliphatic carbocycles. The van der Waals surface area contributed by atoms with Crippen LogP contribution in [0.25, 0.3) is 11.2 Å². The summed E-state index contributed by atoms with van der Waals surface area (Å²) in [5.41, 5.74) is 4.38. The number of aliphatic hydroxyl groups excluding tert-OH is 1. The number of nitrogens with two attached hydrogens (primary N) is 1. The van der Waals surface area contributed by atoms with E-state index >= 15 is 0 Å². The zero-order chi connectivity index (χ0) is 16.6. The molecule has 2 aromatic rings. The maximum absolute atomic E-state index is 11.9. The molecular weight excluding hydrogens is 345 g/mol. The number of nitrogens with one attached hydrogen (secondary N) is 1. The minimum absolute atomic E-state index is 0.0401. The number of hydrogen-bond acceptors (Lipinski definition) is 9. The molecule has 3 rings (SSSR count). The molecule has 126 valence electrons. The average molecular weight is 361 g/mol. The summed E-state index contributed by atoms with van der Waals surface area (Å²) in [6, 6.07) is 0. The molecule has 1 aliphatic rings. The van der Waals surface area contributed by atoms with Crippen LogP contribution in [0.4, 0.5) is 5.95 Å². The molecule has 1 fully saturated rings. The normalized spacial score (nSPS) is 28.3. The number of hydrogen-bond donors (Lipinski definition) is 4. The second kappa shape index (κ2) is 6.34. The van der Waals surface area contributed by atoms with E-state index in [0.29, 0.717) is 0 Å². The molecule has 0 saturated carbocycles. The highest BCUT2D eigenvalue weighted by Crippen LogP contribution is 2.40. The van der Waals surface area contributed by atoms with Gasteiger partial charge in [-0.05, 0) is 0 Å². The van der Waals surface area contributed by atoms with E-state index in [1.807, 2.05) is 0 Å². The molecule has 1 aliphatic heterocycles. The minimum atomic E-state index is -1.15. The van der Waals surface area contributed by atoms with Crippen LogP contribution in [-0.4, -0.2) is 57.2 Å². The van der Waals surface area contributed by atoms with Gasteiger partial charge in [0, 0.05) is 7.11 Å². The Kier molecular flexibility index (Phi) is 4.59. The molecule has 12 heteroatoms. The van der Waals surface area contributed by atoms with E-state index in [4.69, 9.17) is 19.7 Å². The van der Waals surface area contributed by atoms with Crippen LogP contribution in [-0.2, 0) is 19.7 Å². The first-order chi connectivity index (χ1) is 11.1. The highest BCUT2D eigenvalue weighted by atomic mass is 32.7. The van der Waals surface area contributed by atoms with Crippen LogP contribution in [0.15, 0.2) is 11.1 Å². The van der Waals surface area contributed by atoms with Gasteiger partial charge in [-0.1, -0.05) is 0 Å². The number of aromatic nitrogens is 4. The molecule has 0 radical (unpaired) electrons. The van der Waals surface area contributed by atoms with Crippen LogP contribution >= 0.6 is 20.3 Å². The van der Waals surface area contributed by atoms with E-state index < -0.39 is 23.5 Å². The zero-order valence-electron chi connectivity index (χ0n) is 12.1. The third-order valence-corrected chi connectivity index (χ3v) is 4.51. The molecule has 1 saturated heterocycles. The predicted octanol–water partition coefficient (Wildman–Crippen LogP) is -0.784. The molecule has 2 aromatic heterocycles. The van der Waals surface area contributed by atoms with Crippen molar-refractivity contribution in [3.63, 3.8) is 0 Å². The number of thiol groups is 1. The Morgan fingerprint density at radius 1 is 1.74 bits per heavy atom. The summed E-state index contributed by atoms with van der Waals surface area (Å²) in [5.74, 6) is -0.0401. The van der Waals surface area contributed by atoms with Gasteiger partial charge >= 0.3 is 0 Å². The second-order valence-electron chi connectivity index (χ2n) is 4.95. The van der Waals surface area contributed by atoms with Crippen molar-refractivity contribution in [3.05, 3.63) is 16.7 Å². The van der Waals surface area contributed by atoms with Crippen molar-refractivity contribution in [2.45, 2.75) is 17.9 Å². The number of nitrogens with zero attached hydrogens (tertiary/aromatic N) is 3. The molecule has 0 amide bonds. The largest absolute Gasteiger partial charge is 0.394 e. The maximum atomic E-state index is 11.9. The summed E-state index contributed by atoms with van der Waals surface area (Å²) in [5, 5.41) is 9.49. The Morgan fingerprint density at radius 2 is 2.52 bits per heavy atom. The quantitative estimate of drug-likeness (QED) is 0.402. The maximum Gasteiger partial charge on any atom is 0.280 e. The Labute approximate surface area is 137 Å². The number of H-pyrrole nitrogens is 1. The lowest BCUT2D eigenvalue weighted by molar-refractivity contribution is -0.124. The standard InChI is InChI=1S/C11H16N5O5PS/c1-19-11(3-20-5(2-17)7(11)21-22-23)16-4-13-6-8(16)14-10(12)15-9(6)18/h4-5,7,17,22-23H,2-3H2,1H3,(H3,12,14,15,18). The van der Waals surface area contributed by atoms with Gasteiger partial charge in [0.1, 0.15) is 12.2 Å². The number of anilines is 1. The number of aliphatic hydroxyl groups is 1. The van der Waals surface area contributed by atoms with Gasteiger partial charge in [0.15, 0.2) is 16.9 Å². The smallest absolute Gasteiger partial charge is 0.280 e. The summed E-state index contributed by atoms with van der Waals surface area (Å²) < 4.78 is 18.4. The number of fused-ring (bicyclic) bond motifs is 1. The van der Waals surface area contributed by atoms with Crippen molar-refractivity contribution in [2.75, 3.05) is 26.1 Å². The summed E-state index contributed by atoms with van der Waals surface area (Å²) >= 11 is 4.09. The van der Waals surface area contributed by atoms with Crippen LogP contribution in [0.1, 0.15) is 0 Å². The molecule has 3 heterocycles. The van der Waals surface area contributed by atoms with E-state index in [1.54, 1.807) is 4.57 Å². The summed E-state index contributed by atoms with van der Waals surface area (Å²) in [4.78, 5) is 22.5. The molecule has 23 heavy (non-hydrogen) atoms. The topological polar surface area (TPSA) is 138 Å². The van der Waals surface area contributed by atoms with Crippen LogP contribution in [0.2, 0.25) is 0 Å². The van der Waals surface area contributed by atoms with Gasteiger partial charge in [0.05, 0.1) is 27.6 Å². The lowest BCUT2D eigenvalue weighted by Crippen LogP contribution is -2.49. The molecule has 0 bridgehead atoms. The number of imidazole rings is 1. The van der Waals surface area contributed by atoms with Crippen molar-refractivity contribution in [1.29, 1.82) is 0 Å². The van der Waals surface area contributed by atoms with E-state index in [2.05, 4.69) is 27.2 Å². The number of methoxy groups -OCH3 is 1. The third-order valence-electron chi connectivity index (χ3n) is 3.83. The number of aromatic amines is 1. The van der Waals surface area contributed by atoms with Gasteiger partial charge in [-0.15, -0.1) is 12.2 Å². The monoisotopic (exact) mass is 361 g/mol. The summed E-state index contributed by atoms with van der Waals surface area (Å²) in [6.07, 6.45) is 0.149. The fourth-order valence-electron chi connectivity index (χ4n) is 2.74. The lowest BCUT2D eigenvalue weighted by atomic mass is 10.1. The van der Waals surface area contributed by atoms with Crippen molar-refractivity contribution < 1.29 is 19.1 Å². The Hall–Kier alpha value is -1.23. The number of nitrogen functional groups attached to an aromatic ring is 1.